The van der Waals surface area contributed by atoms with E-state index in [-0.39, 0.29) is 11.4 Å². The van der Waals surface area contributed by atoms with Gasteiger partial charge in [0.1, 0.15) is 0 Å². The Morgan fingerprint density at radius 1 is 1.16 bits per heavy atom. The Balaban J connectivity index is 1.87. The van der Waals surface area contributed by atoms with Gasteiger partial charge in [0.05, 0.1) is 17.3 Å². The maximum Gasteiger partial charge on any atom is 0.267 e. The van der Waals surface area contributed by atoms with Gasteiger partial charge in [0.2, 0.25) is 0 Å². The van der Waals surface area contributed by atoms with Crippen molar-refractivity contribution in [3.63, 3.8) is 0 Å². The highest BCUT2D eigenvalue weighted by Crippen LogP contribution is 2.39. The van der Waals surface area contributed by atoms with Crippen LogP contribution in [0.3, 0.4) is 0 Å². The summed E-state index contributed by atoms with van der Waals surface area (Å²) in [6.45, 7) is 1.94. The van der Waals surface area contributed by atoms with Crippen molar-refractivity contribution < 1.29 is 8.78 Å². The van der Waals surface area contributed by atoms with Crippen molar-refractivity contribution in [1.29, 1.82) is 0 Å². The molecule has 0 bridgehead atoms. The lowest BCUT2D eigenvalue weighted by atomic mass is 10.1. The number of para-hydroxylation sites is 1. The molecule has 5 rings (SSSR count). The van der Waals surface area contributed by atoms with Gasteiger partial charge in [-0.15, -0.1) is 5.10 Å². The molecule has 25 heavy (non-hydrogen) atoms. The van der Waals surface area contributed by atoms with Crippen molar-refractivity contribution >= 4 is 16.6 Å². The summed E-state index contributed by atoms with van der Waals surface area (Å²) in [5, 5.41) is 9.81. The molecule has 0 N–H and O–H groups in total. The minimum absolute atomic E-state index is 0.104. The zero-order valence-corrected chi connectivity index (χ0v) is 13.5. The Kier molecular flexibility index (Phi) is 2.95. The van der Waals surface area contributed by atoms with Gasteiger partial charge in [-0.25, -0.2) is 18.4 Å². The largest absolute Gasteiger partial charge is 0.267 e. The Labute approximate surface area is 141 Å². The van der Waals surface area contributed by atoms with Crippen LogP contribution in [-0.4, -0.2) is 24.4 Å². The fourth-order valence-corrected chi connectivity index (χ4v) is 3.28. The van der Waals surface area contributed by atoms with E-state index in [1.807, 2.05) is 25.1 Å². The quantitative estimate of drug-likeness (QED) is 0.562. The molecule has 7 heteroatoms. The first-order chi connectivity index (χ1) is 12.1. The highest BCUT2D eigenvalue weighted by molar-refractivity contribution is 5.83. The summed E-state index contributed by atoms with van der Waals surface area (Å²) in [6.07, 6.45) is 1.17. The molecule has 126 valence electrons. The van der Waals surface area contributed by atoms with Crippen molar-refractivity contribution in [3.05, 3.63) is 53.5 Å². The van der Waals surface area contributed by atoms with Gasteiger partial charge in [0.25, 0.3) is 6.43 Å². The lowest BCUT2D eigenvalue weighted by Crippen LogP contribution is -2.10. The molecule has 1 aliphatic carbocycles. The van der Waals surface area contributed by atoms with Gasteiger partial charge in [0, 0.05) is 11.3 Å². The molecule has 1 fully saturated rings. The predicted octanol–water partition coefficient (Wildman–Crippen LogP) is 4.19. The maximum atomic E-state index is 13.7. The molecule has 0 aliphatic heterocycles. The van der Waals surface area contributed by atoms with Crippen molar-refractivity contribution in [2.45, 2.75) is 32.1 Å². The zero-order valence-electron chi connectivity index (χ0n) is 13.5. The molecule has 1 aliphatic rings. The number of hydrogen-bond donors (Lipinski definition) is 0. The molecule has 0 unspecified atom stereocenters. The van der Waals surface area contributed by atoms with E-state index in [9.17, 15) is 8.78 Å². The zero-order chi connectivity index (χ0) is 17.1. The van der Waals surface area contributed by atoms with Gasteiger partial charge in [-0.3, -0.25) is 0 Å². The second-order valence-corrected chi connectivity index (χ2v) is 6.50. The van der Waals surface area contributed by atoms with Crippen molar-refractivity contribution in [1.82, 2.24) is 24.4 Å². The number of halogens is 2. The van der Waals surface area contributed by atoms with Crippen LogP contribution in [0.4, 0.5) is 8.78 Å². The van der Waals surface area contributed by atoms with E-state index in [1.165, 1.54) is 10.6 Å². The second kappa shape index (κ2) is 5.08. The summed E-state index contributed by atoms with van der Waals surface area (Å²) < 4.78 is 30.5. The molecule has 1 saturated carbocycles. The van der Waals surface area contributed by atoms with E-state index in [1.54, 1.807) is 16.9 Å². The molecule has 0 amide bonds. The third-order valence-corrected chi connectivity index (χ3v) is 4.69. The minimum Gasteiger partial charge on any atom is -0.214 e. The average Bonchev–Trinajstić information content (AvgIpc) is 3.20. The number of nitrogens with zero attached hydrogens (tertiary/aromatic N) is 5. The van der Waals surface area contributed by atoms with Gasteiger partial charge in [-0.05, 0) is 37.5 Å². The Morgan fingerprint density at radius 2 is 2.00 bits per heavy atom. The van der Waals surface area contributed by atoms with Gasteiger partial charge in [-0.1, -0.05) is 18.2 Å². The smallest absolute Gasteiger partial charge is 0.214 e. The number of aromatic nitrogens is 5. The van der Waals surface area contributed by atoms with Crippen LogP contribution in [-0.2, 0) is 0 Å². The topological polar surface area (TPSA) is 48.0 Å². The first-order valence-electron chi connectivity index (χ1n) is 8.25. The summed E-state index contributed by atoms with van der Waals surface area (Å²) in [6, 6.07) is 8.82. The van der Waals surface area contributed by atoms with Gasteiger partial charge >= 0.3 is 0 Å². The third-order valence-electron chi connectivity index (χ3n) is 4.69. The fourth-order valence-electron chi connectivity index (χ4n) is 3.28. The lowest BCUT2D eigenvalue weighted by Gasteiger charge is -2.12. The number of aryl methyl sites for hydroxylation is 1. The van der Waals surface area contributed by atoms with Gasteiger partial charge < -0.3 is 0 Å². The van der Waals surface area contributed by atoms with E-state index in [0.29, 0.717) is 11.6 Å². The summed E-state index contributed by atoms with van der Waals surface area (Å²) in [5.41, 5.74) is 2.24. The van der Waals surface area contributed by atoms with Crippen molar-refractivity contribution in [2.75, 3.05) is 0 Å². The summed E-state index contributed by atoms with van der Waals surface area (Å²) in [5.74, 6) is 1.33. The molecular weight excluding hydrogens is 324 g/mol. The van der Waals surface area contributed by atoms with Gasteiger partial charge in [-0.2, -0.15) is 9.61 Å². The molecule has 3 aromatic heterocycles. The molecule has 0 spiro atoms. The van der Waals surface area contributed by atoms with Crippen LogP contribution in [0.2, 0.25) is 0 Å². The number of fused-ring (bicyclic) bond motifs is 2. The molecule has 4 aromatic rings. The molecule has 5 nitrogen and oxygen atoms in total. The summed E-state index contributed by atoms with van der Waals surface area (Å²) in [7, 11) is 0. The Morgan fingerprint density at radius 3 is 2.76 bits per heavy atom. The van der Waals surface area contributed by atoms with E-state index >= 15 is 0 Å². The molecule has 3 heterocycles. The molecule has 0 radical (unpaired) electrons. The van der Waals surface area contributed by atoms with E-state index < -0.39 is 6.43 Å². The highest BCUT2D eigenvalue weighted by atomic mass is 19.3. The normalized spacial score (nSPS) is 14.9. The number of hydrogen-bond acceptors (Lipinski definition) is 3. The number of pyridine rings is 1. The van der Waals surface area contributed by atoms with Crippen molar-refractivity contribution in [2.24, 2.45) is 0 Å². The van der Waals surface area contributed by atoms with E-state index in [0.717, 1.165) is 35.1 Å². The lowest BCUT2D eigenvalue weighted by molar-refractivity contribution is 0.150. The molecule has 0 atom stereocenters. The SMILES string of the molecule is Cc1cccc2cnn(-c3c(C(F)F)ccc4nc(C5CC5)nn34)c12. The standard InChI is InChI=1S/C18H15F2N5/c1-10-3-2-4-12-9-21-25(15(10)12)18-13(16(19)20)7-8-14-22-17(11-5-6-11)23-24(14)18/h2-4,7-9,11,16H,5-6H2,1H3. The molecular formula is C18H15F2N5. The van der Waals surface area contributed by atoms with Crippen LogP contribution < -0.4 is 0 Å². The molecule has 1 aromatic carbocycles. The summed E-state index contributed by atoms with van der Waals surface area (Å²) >= 11 is 0. The van der Waals surface area contributed by atoms with Crippen LogP contribution in [0.25, 0.3) is 22.4 Å². The Hall–Kier alpha value is -2.83. The fraction of sp³-hybridized carbons (Fsp3) is 0.278. The van der Waals surface area contributed by atoms with Crippen LogP contribution in [0, 0.1) is 6.92 Å². The minimum atomic E-state index is -2.63. The molecule has 0 saturated heterocycles. The second-order valence-electron chi connectivity index (χ2n) is 6.50. The first kappa shape index (κ1) is 14.5. The number of alkyl halides is 2. The van der Waals surface area contributed by atoms with Crippen LogP contribution >= 0.6 is 0 Å². The van der Waals surface area contributed by atoms with Crippen LogP contribution in [0.1, 0.15) is 42.1 Å². The monoisotopic (exact) mass is 339 g/mol. The Bertz CT molecular complexity index is 1110. The van der Waals surface area contributed by atoms with Crippen molar-refractivity contribution in [3.8, 4) is 5.82 Å². The van der Waals surface area contributed by atoms with E-state index in [4.69, 9.17) is 0 Å². The average molecular weight is 339 g/mol. The number of rotatable bonds is 3. The van der Waals surface area contributed by atoms with Crippen LogP contribution in [0.5, 0.6) is 0 Å². The van der Waals surface area contributed by atoms with E-state index in [2.05, 4.69) is 15.2 Å². The number of benzene rings is 1. The first-order valence-corrected chi connectivity index (χ1v) is 8.25. The maximum absolute atomic E-state index is 13.7. The predicted molar refractivity (Wildman–Crippen MR) is 89.3 cm³/mol. The highest BCUT2D eigenvalue weighted by Gasteiger charge is 2.29. The van der Waals surface area contributed by atoms with Crippen LogP contribution in [0.15, 0.2) is 36.5 Å². The third kappa shape index (κ3) is 2.15. The summed E-state index contributed by atoms with van der Waals surface area (Å²) in [4.78, 5) is 4.51. The van der Waals surface area contributed by atoms with Gasteiger partial charge in [0.15, 0.2) is 17.3 Å².